The number of benzene rings is 1. The Hall–Kier alpha value is -1.10. The number of halogens is 3. The van der Waals surface area contributed by atoms with Crippen molar-refractivity contribution in [2.75, 3.05) is 7.05 Å². The molecule has 1 rings (SSSR count). The van der Waals surface area contributed by atoms with E-state index in [4.69, 9.17) is 0 Å². The van der Waals surface area contributed by atoms with Gasteiger partial charge in [-0.1, -0.05) is 12.2 Å². The third-order valence-electron chi connectivity index (χ3n) is 1.50. The zero-order valence-corrected chi connectivity index (χ0v) is 7.51. The molecule has 0 unspecified atom stereocenters. The van der Waals surface area contributed by atoms with Crippen LogP contribution in [0.5, 0.6) is 0 Å². The van der Waals surface area contributed by atoms with Gasteiger partial charge < -0.3 is 5.32 Å². The summed E-state index contributed by atoms with van der Waals surface area (Å²) in [7, 11) is 1.41. The van der Waals surface area contributed by atoms with Gasteiger partial charge in [-0.3, -0.25) is 0 Å². The molecule has 13 heavy (non-hydrogen) atoms. The molecule has 1 N–H and O–H groups in total. The van der Waals surface area contributed by atoms with Crippen LogP contribution in [0, 0.1) is 17.5 Å². The molecule has 0 aliphatic rings. The van der Waals surface area contributed by atoms with Crippen molar-refractivity contribution in [3.05, 3.63) is 35.1 Å². The maximum absolute atomic E-state index is 13.0. The molecular weight excluding hydrogens is 199 g/mol. The van der Waals surface area contributed by atoms with E-state index in [0.717, 1.165) is 6.07 Å². The fraction of sp³-hybridized carbons (Fsp3) is 0.125. The van der Waals surface area contributed by atoms with Crippen molar-refractivity contribution in [2.45, 2.75) is 0 Å². The van der Waals surface area contributed by atoms with Gasteiger partial charge in [-0.05, 0) is 12.1 Å². The average molecular weight is 205 g/mol. The molecule has 1 aromatic rings. The van der Waals surface area contributed by atoms with Gasteiger partial charge in [-0.25, -0.2) is 13.2 Å². The van der Waals surface area contributed by atoms with Crippen molar-refractivity contribution in [3.8, 4) is 0 Å². The largest absolute Gasteiger partial charge is 0.379 e. The number of hydrogen-bond acceptors (Lipinski definition) is 1. The predicted octanol–water partition coefficient (Wildman–Crippen LogP) is 2.00. The molecule has 0 aliphatic carbocycles. The van der Waals surface area contributed by atoms with Crippen LogP contribution in [0.4, 0.5) is 13.2 Å². The van der Waals surface area contributed by atoms with Crippen molar-refractivity contribution in [3.63, 3.8) is 0 Å². The van der Waals surface area contributed by atoms with Crippen LogP contribution in [-0.4, -0.2) is 12.0 Å². The van der Waals surface area contributed by atoms with Gasteiger partial charge >= 0.3 is 0 Å². The quantitative estimate of drug-likeness (QED) is 0.556. The molecule has 0 heterocycles. The Kier molecular flexibility index (Phi) is 2.87. The van der Waals surface area contributed by atoms with Crippen molar-refractivity contribution in [1.82, 2.24) is 5.32 Å². The third-order valence-corrected chi connectivity index (χ3v) is 1.91. The number of rotatable bonds is 1. The molecular formula is C8H6F3NS. The molecule has 0 fully saturated rings. The Morgan fingerprint density at radius 3 is 2.31 bits per heavy atom. The summed E-state index contributed by atoms with van der Waals surface area (Å²) in [6.45, 7) is 0. The van der Waals surface area contributed by atoms with E-state index in [1.54, 1.807) is 0 Å². The molecule has 0 saturated carbocycles. The fourth-order valence-corrected chi connectivity index (χ4v) is 1.05. The number of nitrogens with one attached hydrogen (secondary N) is 1. The molecule has 0 atom stereocenters. The molecule has 0 amide bonds. The summed E-state index contributed by atoms with van der Waals surface area (Å²) in [5.41, 5.74) is -0.530. The third kappa shape index (κ3) is 1.80. The minimum Gasteiger partial charge on any atom is -0.379 e. The van der Waals surface area contributed by atoms with Crippen molar-refractivity contribution in [2.24, 2.45) is 0 Å². The predicted molar refractivity (Wildman–Crippen MR) is 47.1 cm³/mol. The van der Waals surface area contributed by atoms with Gasteiger partial charge in [0.15, 0.2) is 11.6 Å². The summed E-state index contributed by atoms with van der Waals surface area (Å²) in [6, 6.07) is 1.55. The number of hydrogen-bond donors (Lipinski definition) is 1. The van der Waals surface area contributed by atoms with Crippen molar-refractivity contribution in [1.29, 1.82) is 0 Å². The van der Waals surface area contributed by atoms with E-state index in [0.29, 0.717) is 6.07 Å². The second kappa shape index (κ2) is 3.74. The van der Waals surface area contributed by atoms with Crippen LogP contribution in [-0.2, 0) is 0 Å². The molecule has 0 spiro atoms. The topological polar surface area (TPSA) is 12.0 Å². The summed E-state index contributed by atoms with van der Waals surface area (Å²) in [5.74, 6) is -3.26. The maximum atomic E-state index is 13.0. The van der Waals surface area contributed by atoms with Crippen LogP contribution in [0.25, 0.3) is 0 Å². The molecule has 0 aromatic heterocycles. The highest BCUT2D eigenvalue weighted by Gasteiger charge is 2.16. The normalized spacial score (nSPS) is 9.85. The van der Waals surface area contributed by atoms with Gasteiger partial charge in [0.25, 0.3) is 0 Å². The summed E-state index contributed by atoms with van der Waals surface area (Å²) in [5, 5.41) is 2.37. The lowest BCUT2D eigenvalue weighted by atomic mass is 10.2. The Bertz CT molecular complexity index is 351. The molecule has 70 valence electrons. The molecule has 5 heteroatoms. The average Bonchev–Trinajstić information content (AvgIpc) is 2.12. The first kappa shape index (κ1) is 9.98. The van der Waals surface area contributed by atoms with Crippen LogP contribution in [0.3, 0.4) is 0 Å². The minimum absolute atomic E-state index is 0.158. The van der Waals surface area contributed by atoms with Gasteiger partial charge in [-0.15, -0.1) is 0 Å². The van der Waals surface area contributed by atoms with E-state index >= 15 is 0 Å². The van der Waals surface area contributed by atoms with Gasteiger partial charge in [0.05, 0.1) is 5.56 Å². The fourth-order valence-electron chi connectivity index (χ4n) is 0.860. The van der Waals surface area contributed by atoms with Crippen LogP contribution in [0.15, 0.2) is 12.1 Å². The minimum atomic E-state index is -1.26. The van der Waals surface area contributed by atoms with Gasteiger partial charge in [0, 0.05) is 7.05 Å². The van der Waals surface area contributed by atoms with Crippen LogP contribution >= 0.6 is 12.2 Å². The van der Waals surface area contributed by atoms with E-state index in [-0.39, 0.29) is 4.99 Å². The molecule has 1 nitrogen and oxygen atoms in total. The van der Waals surface area contributed by atoms with E-state index in [1.807, 2.05) is 0 Å². The monoisotopic (exact) mass is 205 g/mol. The Morgan fingerprint density at radius 1 is 1.23 bits per heavy atom. The first-order valence-corrected chi connectivity index (χ1v) is 3.84. The van der Waals surface area contributed by atoms with Crippen LogP contribution in [0.1, 0.15) is 5.56 Å². The first-order chi connectivity index (χ1) is 6.07. The van der Waals surface area contributed by atoms with E-state index in [9.17, 15) is 13.2 Å². The molecule has 0 bridgehead atoms. The smallest absolute Gasteiger partial charge is 0.171 e. The van der Waals surface area contributed by atoms with E-state index < -0.39 is 23.0 Å². The lowest BCUT2D eigenvalue weighted by Gasteiger charge is -2.05. The van der Waals surface area contributed by atoms with Crippen LogP contribution in [0.2, 0.25) is 0 Å². The van der Waals surface area contributed by atoms with Crippen molar-refractivity contribution >= 4 is 17.2 Å². The Labute approximate surface area is 78.6 Å². The lowest BCUT2D eigenvalue weighted by Crippen LogP contribution is -2.20. The van der Waals surface area contributed by atoms with Crippen LogP contribution < -0.4 is 5.32 Å². The van der Waals surface area contributed by atoms with E-state index in [1.165, 1.54) is 7.05 Å². The van der Waals surface area contributed by atoms with Crippen molar-refractivity contribution < 1.29 is 13.2 Å². The lowest BCUT2D eigenvalue weighted by molar-refractivity contribution is 0.492. The SMILES string of the molecule is CNC(=S)c1c(F)ccc(F)c1F. The number of thiocarbonyl (C=S) groups is 1. The summed E-state index contributed by atoms with van der Waals surface area (Å²) in [4.78, 5) is -0.158. The second-order valence-electron chi connectivity index (χ2n) is 2.30. The summed E-state index contributed by atoms with van der Waals surface area (Å²) in [6.07, 6.45) is 0. The molecule has 1 aromatic carbocycles. The van der Waals surface area contributed by atoms with Gasteiger partial charge in [-0.2, -0.15) is 0 Å². The first-order valence-electron chi connectivity index (χ1n) is 3.43. The van der Waals surface area contributed by atoms with Gasteiger partial charge in [0.2, 0.25) is 0 Å². The molecule has 0 aliphatic heterocycles. The standard InChI is InChI=1S/C8H6F3NS/c1-12-8(13)6-4(9)2-3-5(10)7(6)11/h2-3H,1H3,(H,12,13). The zero-order chi connectivity index (χ0) is 10.0. The molecule has 0 radical (unpaired) electrons. The highest BCUT2D eigenvalue weighted by Crippen LogP contribution is 2.15. The maximum Gasteiger partial charge on any atom is 0.171 e. The summed E-state index contributed by atoms with van der Waals surface area (Å²) >= 11 is 4.60. The van der Waals surface area contributed by atoms with E-state index in [2.05, 4.69) is 17.5 Å². The summed E-state index contributed by atoms with van der Waals surface area (Å²) < 4.78 is 38.5. The highest BCUT2D eigenvalue weighted by atomic mass is 32.1. The Morgan fingerprint density at radius 2 is 1.77 bits per heavy atom. The van der Waals surface area contributed by atoms with Gasteiger partial charge in [0.1, 0.15) is 10.8 Å². The Balaban J connectivity index is 3.33. The zero-order valence-electron chi connectivity index (χ0n) is 6.70. The second-order valence-corrected chi connectivity index (χ2v) is 2.71. The highest BCUT2D eigenvalue weighted by molar-refractivity contribution is 7.80. The molecule has 0 saturated heterocycles.